The first-order chi connectivity index (χ1) is 10.6. The van der Waals surface area contributed by atoms with Crippen LogP contribution < -0.4 is 9.92 Å². The Hall–Kier alpha value is -0.883. The van der Waals surface area contributed by atoms with E-state index < -0.39 is 15.1 Å². The molecule has 0 saturated carbocycles. The molecule has 0 fully saturated rings. The van der Waals surface area contributed by atoms with Crippen molar-refractivity contribution in [3.05, 3.63) is 23.8 Å². The number of ether oxygens (including phenoxy) is 2. The predicted molar refractivity (Wildman–Crippen MR) is 89.8 cm³/mol. The average molecular weight is 324 g/mol. The summed E-state index contributed by atoms with van der Waals surface area (Å²) in [6.07, 6.45) is 3.16. The van der Waals surface area contributed by atoms with Gasteiger partial charge in [-0.05, 0) is 37.6 Å². The van der Waals surface area contributed by atoms with E-state index in [0.717, 1.165) is 35.8 Å². The number of unbranched alkanes of at least 4 members (excludes halogenated alkanes) is 1. The lowest BCUT2D eigenvalue weighted by atomic mass is 10.1. The third kappa shape index (κ3) is 4.32. The second kappa shape index (κ2) is 8.11. The molecule has 0 radical (unpaired) electrons. The van der Waals surface area contributed by atoms with Gasteiger partial charge in [0, 0.05) is 32.1 Å². The Morgan fingerprint density at radius 1 is 1.18 bits per heavy atom. The average Bonchev–Trinajstić information content (AvgIpc) is 2.52. The number of benzene rings is 1. The summed E-state index contributed by atoms with van der Waals surface area (Å²) in [6, 6.07) is 6.24. The molecule has 0 bridgehead atoms. The van der Waals surface area contributed by atoms with Crippen molar-refractivity contribution in [3.63, 3.8) is 0 Å². The van der Waals surface area contributed by atoms with Crippen LogP contribution in [0.25, 0.3) is 0 Å². The fourth-order valence-electron chi connectivity index (χ4n) is 2.62. The summed E-state index contributed by atoms with van der Waals surface area (Å²) in [5.41, 5.74) is 1.09. The molecular formula is C17H28O4Si. The summed E-state index contributed by atoms with van der Waals surface area (Å²) in [7, 11) is -1.80. The van der Waals surface area contributed by atoms with Gasteiger partial charge in [-0.1, -0.05) is 19.4 Å². The lowest BCUT2D eigenvalue weighted by Crippen LogP contribution is -2.41. The number of hydrogen-bond acceptors (Lipinski definition) is 4. The smallest absolute Gasteiger partial charge is 0.355 e. The van der Waals surface area contributed by atoms with E-state index in [1.165, 1.54) is 0 Å². The number of rotatable bonds is 8. The van der Waals surface area contributed by atoms with Gasteiger partial charge in [-0.25, -0.2) is 0 Å². The van der Waals surface area contributed by atoms with Gasteiger partial charge < -0.3 is 18.3 Å². The molecule has 0 aliphatic carbocycles. The van der Waals surface area contributed by atoms with E-state index in [1.807, 2.05) is 26.8 Å². The van der Waals surface area contributed by atoms with Crippen LogP contribution in [0.2, 0.25) is 0 Å². The molecule has 0 saturated heterocycles. The van der Waals surface area contributed by atoms with E-state index in [4.69, 9.17) is 18.3 Å². The van der Waals surface area contributed by atoms with Gasteiger partial charge in [-0.15, -0.1) is 0 Å². The molecule has 2 rings (SSSR count). The summed E-state index contributed by atoms with van der Waals surface area (Å²) >= 11 is 0. The molecule has 1 unspecified atom stereocenters. The Balaban J connectivity index is 2.13. The predicted octanol–water partition coefficient (Wildman–Crippen LogP) is 3.00. The Labute approximate surface area is 135 Å². The van der Waals surface area contributed by atoms with E-state index in [2.05, 4.69) is 19.1 Å². The maximum absolute atomic E-state index is 6.09. The molecule has 0 aromatic heterocycles. The lowest BCUT2D eigenvalue weighted by molar-refractivity contribution is -0.197. The molecular weight excluding hydrogens is 296 g/mol. The minimum absolute atomic E-state index is 0.499. The summed E-state index contributed by atoms with van der Waals surface area (Å²) in [5, 5.41) is 1.15. The highest BCUT2D eigenvalue weighted by Crippen LogP contribution is 2.33. The van der Waals surface area contributed by atoms with E-state index in [9.17, 15) is 0 Å². The highest BCUT2D eigenvalue weighted by Gasteiger charge is 2.32. The summed E-state index contributed by atoms with van der Waals surface area (Å²) in [4.78, 5) is 0. The zero-order chi connectivity index (χ0) is 16.0. The maximum Gasteiger partial charge on any atom is 0.355 e. The fraction of sp³-hybridized carbons (Fsp3) is 0.647. The molecule has 0 N–H and O–H groups in total. The van der Waals surface area contributed by atoms with Crippen LogP contribution >= 0.6 is 0 Å². The van der Waals surface area contributed by atoms with Crippen molar-refractivity contribution in [1.29, 1.82) is 0 Å². The summed E-state index contributed by atoms with van der Waals surface area (Å²) in [6.45, 7) is 10.1. The highest BCUT2D eigenvalue weighted by molar-refractivity contribution is 6.61. The first-order valence-electron chi connectivity index (χ1n) is 8.30. The number of fused-ring (bicyclic) bond motifs is 1. The van der Waals surface area contributed by atoms with Crippen LogP contribution in [-0.2, 0) is 20.2 Å². The molecule has 124 valence electrons. The SMILES string of the molecule is CCCCC1(C)OCc2cc([SiH](OCC)OCC)ccc2O1. The molecule has 22 heavy (non-hydrogen) atoms. The molecule has 1 aliphatic heterocycles. The largest absolute Gasteiger partial charge is 0.462 e. The molecule has 1 aliphatic rings. The molecule has 1 aromatic rings. The standard InChI is InChI=1S/C17H28O4Si/c1-5-8-11-17(4)18-13-14-12-15(9-10-16(14)21-17)22(19-6-2)20-7-3/h9-10,12,22H,5-8,11,13H2,1-4H3. The maximum atomic E-state index is 6.09. The summed E-state index contributed by atoms with van der Waals surface area (Å²) in [5.74, 6) is 0.427. The van der Waals surface area contributed by atoms with Gasteiger partial charge in [-0.2, -0.15) is 0 Å². The normalized spacial score (nSPS) is 20.8. The second-order valence-electron chi connectivity index (χ2n) is 5.74. The van der Waals surface area contributed by atoms with Gasteiger partial charge in [0.1, 0.15) is 5.75 Å². The van der Waals surface area contributed by atoms with Crippen molar-refractivity contribution >= 4 is 14.5 Å². The minimum atomic E-state index is -1.80. The lowest BCUT2D eigenvalue weighted by Gasteiger charge is -2.36. The fourth-order valence-corrected chi connectivity index (χ4v) is 4.29. The van der Waals surface area contributed by atoms with Crippen LogP contribution in [0, 0.1) is 0 Å². The molecule has 1 atom stereocenters. The van der Waals surface area contributed by atoms with Crippen molar-refractivity contribution in [3.8, 4) is 5.75 Å². The zero-order valence-electron chi connectivity index (χ0n) is 14.2. The zero-order valence-corrected chi connectivity index (χ0v) is 15.3. The van der Waals surface area contributed by atoms with Crippen LogP contribution in [0.4, 0.5) is 0 Å². The van der Waals surface area contributed by atoms with E-state index in [-0.39, 0.29) is 0 Å². The first kappa shape index (κ1) is 17.5. The number of hydrogen-bond donors (Lipinski definition) is 0. The van der Waals surface area contributed by atoms with Crippen molar-refractivity contribution in [2.24, 2.45) is 0 Å². The van der Waals surface area contributed by atoms with Crippen LogP contribution in [-0.4, -0.2) is 28.3 Å². The quantitative estimate of drug-likeness (QED) is 0.689. The van der Waals surface area contributed by atoms with Gasteiger partial charge in [0.05, 0.1) is 6.61 Å². The Morgan fingerprint density at radius 3 is 2.55 bits per heavy atom. The van der Waals surface area contributed by atoms with Crippen molar-refractivity contribution in [2.75, 3.05) is 13.2 Å². The molecule has 0 spiro atoms. The molecule has 1 heterocycles. The van der Waals surface area contributed by atoms with Gasteiger partial charge in [0.15, 0.2) is 0 Å². The van der Waals surface area contributed by atoms with Gasteiger partial charge in [-0.3, -0.25) is 0 Å². The van der Waals surface area contributed by atoms with E-state index in [0.29, 0.717) is 19.8 Å². The Kier molecular flexibility index (Phi) is 6.44. The van der Waals surface area contributed by atoms with Gasteiger partial charge in [0.2, 0.25) is 5.79 Å². The van der Waals surface area contributed by atoms with Gasteiger partial charge >= 0.3 is 9.28 Å². The van der Waals surface area contributed by atoms with Crippen molar-refractivity contribution in [2.45, 2.75) is 59.4 Å². The van der Waals surface area contributed by atoms with Crippen LogP contribution in [0.1, 0.15) is 52.5 Å². The topological polar surface area (TPSA) is 36.9 Å². The van der Waals surface area contributed by atoms with Crippen LogP contribution in [0.3, 0.4) is 0 Å². The molecule has 5 heteroatoms. The second-order valence-corrected chi connectivity index (χ2v) is 7.74. The Morgan fingerprint density at radius 2 is 1.91 bits per heavy atom. The van der Waals surface area contributed by atoms with Gasteiger partial charge in [0.25, 0.3) is 0 Å². The van der Waals surface area contributed by atoms with E-state index in [1.54, 1.807) is 0 Å². The summed E-state index contributed by atoms with van der Waals surface area (Å²) < 4.78 is 23.6. The van der Waals surface area contributed by atoms with Crippen LogP contribution in [0.15, 0.2) is 18.2 Å². The van der Waals surface area contributed by atoms with Crippen LogP contribution in [0.5, 0.6) is 5.75 Å². The first-order valence-corrected chi connectivity index (χ1v) is 9.83. The molecule has 4 nitrogen and oxygen atoms in total. The van der Waals surface area contributed by atoms with Crippen molar-refractivity contribution < 1.29 is 18.3 Å². The minimum Gasteiger partial charge on any atom is -0.462 e. The van der Waals surface area contributed by atoms with Crippen molar-refractivity contribution in [1.82, 2.24) is 0 Å². The highest BCUT2D eigenvalue weighted by atomic mass is 28.3. The Bertz CT molecular complexity index is 474. The third-order valence-corrected chi connectivity index (χ3v) is 6.01. The van der Waals surface area contributed by atoms with E-state index >= 15 is 0 Å². The third-order valence-electron chi connectivity index (χ3n) is 3.84. The monoisotopic (exact) mass is 324 g/mol. The molecule has 0 amide bonds. The molecule has 1 aromatic carbocycles.